The molecule has 3 amide bonds. The number of carbonyl (C=O) groups excluding carboxylic acids is 3. The smallest absolute Gasteiger partial charge is 0.408 e. The molecule has 7 nitrogen and oxygen atoms in total. The average Bonchev–Trinajstić information content (AvgIpc) is 2.78. The average molecular weight is 522 g/mol. The van der Waals surface area contributed by atoms with E-state index in [0.717, 1.165) is 41.5 Å². The Morgan fingerprint density at radius 3 is 2.11 bits per heavy atom. The van der Waals surface area contributed by atoms with Crippen LogP contribution in [-0.2, 0) is 20.9 Å². The molecule has 1 aliphatic rings. The van der Waals surface area contributed by atoms with E-state index >= 15 is 0 Å². The summed E-state index contributed by atoms with van der Waals surface area (Å²) >= 11 is 0. The van der Waals surface area contributed by atoms with Crippen LogP contribution in [0.2, 0.25) is 0 Å². The third-order valence-corrected chi connectivity index (χ3v) is 6.72. The highest BCUT2D eigenvalue weighted by Gasteiger charge is 2.42. The van der Waals surface area contributed by atoms with Crippen molar-refractivity contribution in [2.24, 2.45) is 5.92 Å². The lowest BCUT2D eigenvalue weighted by molar-refractivity contribution is -0.148. The molecule has 7 heteroatoms. The van der Waals surface area contributed by atoms with Crippen molar-refractivity contribution in [3.8, 4) is 0 Å². The molecule has 0 radical (unpaired) electrons. The Morgan fingerprint density at radius 2 is 1.61 bits per heavy atom. The maximum Gasteiger partial charge on any atom is 0.408 e. The van der Waals surface area contributed by atoms with E-state index in [1.807, 2.05) is 70.2 Å². The summed E-state index contributed by atoms with van der Waals surface area (Å²) in [4.78, 5) is 42.6. The minimum absolute atomic E-state index is 0.0857. The van der Waals surface area contributed by atoms with Crippen LogP contribution in [0.25, 0.3) is 0 Å². The lowest BCUT2D eigenvalue weighted by atomic mass is 9.86. The zero-order valence-electron chi connectivity index (χ0n) is 23.8. The Bertz CT molecular complexity index is 1100. The largest absolute Gasteiger partial charge is 0.444 e. The first kappa shape index (κ1) is 29.2. The Hall–Kier alpha value is -3.35. The molecule has 206 valence electrons. The van der Waals surface area contributed by atoms with Crippen LogP contribution in [0.4, 0.5) is 4.79 Å². The number of nitrogens with one attached hydrogen (secondary N) is 2. The van der Waals surface area contributed by atoms with Gasteiger partial charge in [-0.25, -0.2) is 4.79 Å². The molecular weight excluding hydrogens is 478 g/mol. The molecule has 2 aromatic carbocycles. The highest BCUT2D eigenvalue weighted by molar-refractivity contribution is 5.92. The fourth-order valence-electron chi connectivity index (χ4n) is 4.78. The van der Waals surface area contributed by atoms with Crippen molar-refractivity contribution in [1.82, 2.24) is 15.5 Å². The topological polar surface area (TPSA) is 87.7 Å². The van der Waals surface area contributed by atoms with Gasteiger partial charge in [-0.1, -0.05) is 73.5 Å². The third-order valence-electron chi connectivity index (χ3n) is 6.72. The highest BCUT2D eigenvalue weighted by Crippen LogP contribution is 2.35. The van der Waals surface area contributed by atoms with Gasteiger partial charge in [0, 0.05) is 12.6 Å². The molecule has 2 atom stereocenters. The van der Waals surface area contributed by atoms with Crippen LogP contribution >= 0.6 is 0 Å². The number of amides is 3. The lowest BCUT2D eigenvalue weighted by Gasteiger charge is -2.44. The summed E-state index contributed by atoms with van der Waals surface area (Å²) in [6, 6.07) is 14.0. The molecule has 0 aliphatic heterocycles. The molecule has 0 aromatic heterocycles. The van der Waals surface area contributed by atoms with Crippen LogP contribution in [0, 0.1) is 19.8 Å². The number of hydrogen-bond acceptors (Lipinski definition) is 4. The maximum absolute atomic E-state index is 14.3. The van der Waals surface area contributed by atoms with E-state index in [9.17, 15) is 14.4 Å². The summed E-state index contributed by atoms with van der Waals surface area (Å²) in [5, 5.41) is 5.87. The molecule has 38 heavy (non-hydrogen) atoms. The monoisotopic (exact) mass is 521 g/mol. The molecule has 0 spiro atoms. The quantitative estimate of drug-likeness (QED) is 0.450. The Morgan fingerprint density at radius 1 is 1.00 bits per heavy atom. The van der Waals surface area contributed by atoms with Crippen LogP contribution < -0.4 is 10.6 Å². The minimum Gasteiger partial charge on any atom is -0.444 e. The molecule has 1 saturated carbocycles. The molecule has 1 fully saturated rings. The standard InChI is InChI=1S/C31H43N3O4/c1-20(2)26(33-30(37)38-31(5,6)7)29(36)34(25-14-11-15-25)27(24-17-21(3)16-22(4)18-24)28(35)32-19-23-12-9-8-10-13-23/h8-10,12-13,16-18,20,25-27H,11,14-15,19H2,1-7H3,(H,32,35)(H,33,37). The van der Waals surface area contributed by atoms with Crippen LogP contribution in [0.5, 0.6) is 0 Å². The predicted octanol–water partition coefficient (Wildman–Crippen LogP) is 5.59. The zero-order valence-corrected chi connectivity index (χ0v) is 23.8. The number of ether oxygens (including phenoxy) is 1. The first-order valence-corrected chi connectivity index (χ1v) is 13.6. The van der Waals surface area contributed by atoms with E-state index in [1.54, 1.807) is 25.7 Å². The van der Waals surface area contributed by atoms with E-state index < -0.39 is 23.8 Å². The molecule has 2 aromatic rings. The van der Waals surface area contributed by atoms with Gasteiger partial charge in [0.2, 0.25) is 11.8 Å². The highest BCUT2D eigenvalue weighted by atomic mass is 16.6. The van der Waals surface area contributed by atoms with Crippen molar-refractivity contribution in [3.63, 3.8) is 0 Å². The van der Waals surface area contributed by atoms with Gasteiger partial charge >= 0.3 is 6.09 Å². The number of alkyl carbamates (subject to hydrolysis) is 1. The van der Waals surface area contributed by atoms with Gasteiger partial charge in [0.15, 0.2) is 0 Å². The van der Waals surface area contributed by atoms with Crippen LogP contribution in [-0.4, -0.2) is 40.5 Å². The number of hydrogen-bond donors (Lipinski definition) is 2. The molecule has 1 aliphatic carbocycles. The summed E-state index contributed by atoms with van der Waals surface area (Å²) in [5.74, 6) is -0.710. The fourth-order valence-corrected chi connectivity index (χ4v) is 4.78. The Balaban J connectivity index is 1.99. The third kappa shape index (κ3) is 7.83. The molecule has 2 unspecified atom stereocenters. The predicted molar refractivity (Wildman–Crippen MR) is 149 cm³/mol. The molecule has 0 bridgehead atoms. The SMILES string of the molecule is Cc1cc(C)cc(C(C(=O)NCc2ccccc2)N(C(=O)C(NC(=O)OC(C)(C)C)C(C)C)C2CCC2)c1. The van der Waals surface area contributed by atoms with E-state index in [1.165, 1.54) is 0 Å². The minimum atomic E-state index is -0.833. The zero-order chi connectivity index (χ0) is 28.0. The Kier molecular flexibility index (Phi) is 9.58. The van der Waals surface area contributed by atoms with Crippen molar-refractivity contribution in [3.05, 3.63) is 70.8 Å². The van der Waals surface area contributed by atoms with E-state index in [4.69, 9.17) is 4.74 Å². The summed E-state index contributed by atoms with van der Waals surface area (Å²) in [5.41, 5.74) is 3.10. The van der Waals surface area contributed by atoms with Gasteiger partial charge in [-0.3, -0.25) is 9.59 Å². The van der Waals surface area contributed by atoms with Crippen molar-refractivity contribution in [2.45, 2.75) is 98.0 Å². The number of rotatable bonds is 9. The summed E-state index contributed by atoms with van der Waals surface area (Å²) in [6.45, 7) is 13.5. The van der Waals surface area contributed by atoms with Gasteiger partial charge in [0.1, 0.15) is 17.7 Å². The van der Waals surface area contributed by atoms with Crippen molar-refractivity contribution in [1.29, 1.82) is 0 Å². The van der Waals surface area contributed by atoms with Gasteiger partial charge in [0.05, 0.1) is 0 Å². The van der Waals surface area contributed by atoms with Crippen molar-refractivity contribution < 1.29 is 19.1 Å². The van der Waals surface area contributed by atoms with Crippen LogP contribution in [0.1, 0.15) is 82.2 Å². The summed E-state index contributed by atoms with van der Waals surface area (Å²) in [7, 11) is 0. The first-order valence-electron chi connectivity index (χ1n) is 13.6. The molecule has 0 saturated heterocycles. The lowest BCUT2D eigenvalue weighted by Crippen LogP contribution is -2.58. The maximum atomic E-state index is 14.3. The van der Waals surface area contributed by atoms with Gasteiger partial charge in [-0.15, -0.1) is 0 Å². The molecule has 3 rings (SSSR count). The van der Waals surface area contributed by atoms with Crippen LogP contribution in [0.3, 0.4) is 0 Å². The number of aryl methyl sites for hydroxylation is 2. The second-order valence-electron chi connectivity index (χ2n) is 11.7. The van der Waals surface area contributed by atoms with E-state index in [2.05, 4.69) is 16.7 Å². The summed E-state index contributed by atoms with van der Waals surface area (Å²) in [6.07, 6.45) is 1.98. The number of nitrogens with zero attached hydrogens (tertiary/aromatic N) is 1. The number of benzene rings is 2. The van der Waals surface area contributed by atoms with Gasteiger partial charge in [-0.2, -0.15) is 0 Å². The van der Waals surface area contributed by atoms with E-state index in [-0.39, 0.29) is 23.8 Å². The van der Waals surface area contributed by atoms with Crippen molar-refractivity contribution >= 4 is 17.9 Å². The normalized spacial score (nSPS) is 15.3. The van der Waals surface area contributed by atoms with Gasteiger partial charge in [-0.05, 0) is 70.9 Å². The molecule has 2 N–H and O–H groups in total. The fraction of sp³-hybridized carbons (Fsp3) is 0.516. The molecular formula is C31H43N3O4. The second-order valence-corrected chi connectivity index (χ2v) is 11.7. The summed E-state index contributed by atoms with van der Waals surface area (Å²) < 4.78 is 5.46. The van der Waals surface area contributed by atoms with E-state index in [0.29, 0.717) is 6.54 Å². The van der Waals surface area contributed by atoms with Gasteiger partial charge < -0.3 is 20.3 Å². The van der Waals surface area contributed by atoms with Crippen molar-refractivity contribution in [2.75, 3.05) is 0 Å². The molecule has 0 heterocycles. The van der Waals surface area contributed by atoms with Crippen LogP contribution in [0.15, 0.2) is 48.5 Å². The first-order chi connectivity index (χ1) is 17.9. The Labute approximate surface area is 227 Å². The van der Waals surface area contributed by atoms with Gasteiger partial charge in [0.25, 0.3) is 0 Å². The number of carbonyl (C=O) groups is 3. The second kappa shape index (κ2) is 12.5.